The van der Waals surface area contributed by atoms with Gasteiger partial charge in [-0.15, -0.1) is 0 Å². The van der Waals surface area contributed by atoms with Crippen LogP contribution in [0.3, 0.4) is 0 Å². The summed E-state index contributed by atoms with van der Waals surface area (Å²) in [6.45, 7) is 2.58. The molecule has 23 heavy (non-hydrogen) atoms. The van der Waals surface area contributed by atoms with Gasteiger partial charge in [-0.2, -0.15) is 0 Å². The minimum Gasteiger partial charge on any atom is -0.339 e. The zero-order valence-electron chi connectivity index (χ0n) is 12.8. The lowest BCUT2D eigenvalue weighted by atomic mass is 10.1. The Morgan fingerprint density at radius 1 is 1.30 bits per heavy atom. The third-order valence-electron chi connectivity index (χ3n) is 4.03. The van der Waals surface area contributed by atoms with Crippen LogP contribution in [0.2, 0.25) is 10.0 Å². The van der Waals surface area contributed by atoms with Gasteiger partial charge in [0.2, 0.25) is 5.91 Å². The van der Waals surface area contributed by atoms with Gasteiger partial charge in [-0.25, -0.2) is 8.42 Å². The average Bonchev–Trinajstić information content (AvgIpc) is 2.54. The van der Waals surface area contributed by atoms with Gasteiger partial charge in [-0.3, -0.25) is 4.79 Å². The molecule has 0 radical (unpaired) electrons. The molecule has 0 unspecified atom stereocenters. The fourth-order valence-corrected chi connectivity index (χ4v) is 4.45. The molecule has 1 aromatic rings. The van der Waals surface area contributed by atoms with Gasteiger partial charge in [0.05, 0.1) is 5.25 Å². The maximum Gasteiger partial charge on any atom is 0.246 e. The molecule has 0 aliphatic carbocycles. The van der Waals surface area contributed by atoms with Crippen molar-refractivity contribution >= 4 is 45.0 Å². The first-order valence-electron chi connectivity index (χ1n) is 7.47. The number of nitrogens with zero attached hydrogens (tertiary/aromatic N) is 1. The molecule has 1 amide bonds. The highest BCUT2D eigenvalue weighted by Gasteiger charge is 2.29. The number of rotatable bonds is 4. The van der Waals surface area contributed by atoms with Crippen LogP contribution in [0.25, 0.3) is 6.08 Å². The number of carbonyl (C=O) groups excluding carboxylic acids is 1. The van der Waals surface area contributed by atoms with Gasteiger partial charge in [0.15, 0.2) is 9.84 Å². The third-order valence-corrected chi connectivity index (χ3v) is 6.89. The molecule has 0 atom stereocenters. The van der Waals surface area contributed by atoms with Crippen molar-refractivity contribution in [2.24, 2.45) is 0 Å². The minimum atomic E-state index is -3.02. The topological polar surface area (TPSA) is 54.5 Å². The van der Waals surface area contributed by atoms with Crippen LogP contribution in [0.15, 0.2) is 24.3 Å². The van der Waals surface area contributed by atoms with E-state index in [4.69, 9.17) is 23.2 Å². The quantitative estimate of drug-likeness (QED) is 0.757. The van der Waals surface area contributed by atoms with Gasteiger partial charge in [0.25, 0.3) is 0 Å². The molecule has 126 valence electrons. The van der Waals surface area contributed by atoms with Gasteiger partial charge in [-0.05, 0) is 36.6 Å². The normalized spacial score (nSPS) is 16.9. The molecule has 1 saturated heterocycles. The van der Waals surface area contributed by atoms with Crippen molar-refractivity contribution in [3.63, 3.8) is 0 Å². The van der Waals surface area contributed by atoms with Gasteiger partial charge >= 0.3 is 0 Å². The van der Waals surface area contributed by atoms with E-state index in [1.807, 2.05) is 0 Å². The fourth-order valence-electron chi connectivity index (χ4n) is 2.57. The molecule has 1 aromatic carbocycles. The summed E-state index contributed by atoms with van der Waals surface area (Å²) < 4.78 is 23.7. The molecule has 7 heteroatoms. The molecule has 1 heterocycles. The lowest BCUT2D eigenvalue weighted by molar-refractivity contribution is -0.126. The van der Waals surface area contributed by atoms with Crippen molar-refractivity contribution in [2.75, 3.05) is 18.8 Å². The van der Waals surface area contributed by atoms with E-state index in [0.717, 1.165) is 0 Å². The van der Waals surface area contributed by atoms with Crippen molar-refractivity contribution in [3.8, 4) is 0 Å². The maximum absolute atomic E-state index is 12.2. The summed E-state index contributed by atoms with van der Waals surface area (Å²) in [6, 6.07) is 5.07. The largest absolute Gasteiger partial charge is 0.339 e. The lowest BCUT2D eigenvalue weighted by Crippen LogP contribution is -2.42. The number of sulfone groups is 1. The van der Waals surface area contributed by atoms with Crippen LogP contribution in [0.4, 0.5) is 0 Å². The fraction of sp³-hybridized carbons (Fsp3) is 0.438. The number of piperidine rings is 1. The Bertz CT molecular complexity index is 708. The summed E-state index contributed by atoms with van der Waals surface area (Å²) in [5, 5.41) is 0.693. The Morgan fingerprint density at radius 3 is 2.52 bits per heavy atom. The number of halogens is 2. The van der Waals surface area contributed by atoms with Crippen LogP contribution < -0.4 is 0 Å². The summed E-state index contributed by atoms with van der Waals surface area (Å²) in [7, 11) is -3.02. The van der Waals surface area contributed by atoms with Crippen molar-refractivity contribution in [1.29, 1.82) is 0 Å². The van der Waals surface area contributed by atoms with E-state index >= 15 is 0 Å². The van der Waals surface area contributed by atoms with Crippen molar-refractivity contribution in [1.82, 2.24) is 4.90 Å². The SMILES string of the molecule is CCS(=O)(=O)C1CCN(C(=O)C=Cc2ccc(Cl)cc2Cl)CC1. The predicted octanol–water partition coefficient (Wildman–Crippen LogP) is 3.43. The molecule has 0 N–H and O–H groups in total. The molecule has 0 spiro atoms. The van der Waals surface area contributed by atoms with E-state index in [1.165, 1.54) is 6.08 Å². The van der Waals surface area contributed by atoms with E-state index in [-0.39, 0.29) is 16.9 Å². The first-order chi connectivity index (χ1) is 10.8. The standard InChI is InChI=1S/C16H19Cl2NO3S/c1-2-23(21,22)14-7-9-19(10-8-14)16(20)6-4-12-3-5-13(17)11-15(12)18/h3-6,11,14H,2,7-10H2,1H3. The molecule has 1 aliphatic heterocycles. The summed E-state index contributed by atoms with van der Waals surface area (Å²) in [5.74, 6) is 0.0176. The number of benzene rings is 1. The predicted molar refractivity (Wildman–Crippen MR) is 94.6 cm³/mol. The summed E-state index contributed by atoms with van der Waals surface area (Å²) in [5.41, 5.74) is 0.716. The van der Waals surface area contributed by atoms with E-state index in [9.17, 15) is 13.2 Å². The highest BCUT2D eigenvalue weighted by Crippen LogP contribution is 2.23. The molecule has 1 aliphatic rings. The molecule has 0 saturated carbocycles. The Kier molecular flexibility index (Phi) is 6.12. The monoisotopic (exact) mass is 375 g/mol. The van der Waals surface area contributed by atoms with Crippen LogP contribution in [0, 0.1) is 0 Å². The second kappa shape index (κ2) is 7.69. The Balaban J connectivity index is 1.96. The van der Waals surface area contributed by atoms with Gasteiger partial charge in [0, 0.05) is 35.0 Å². The zero-order chi connectivity index (χ0) is 17.0. The number of hydrogen-bond acceptors (Lipinski definition) is 3. The summed E-state index contributed by atoms with van der Waals surface area (Å²) in [4.78, 5) is 13.9. The van der Waals surface area contributed by atoms with Gasteiger partial charge in [0.1, 0.15) is 0 Å². The number of likely N-dealkylation sites (tertiary alicyclic amines) is 1. The van der Waals surface area contributed by atoms with Crippen LogP contribution in [0.1, 0.15) is 25.3 Å². The minimum absolute atomic E-state index is 0.136. The summed E-state index contributed by atoms with van der Waals surface area (Å²) >= 11 is 11.9. The van der Waals surface area contributed by atoms with Crippen LogP contribution in [0.5, 0.6) is 0 Å². The van der Waals surface area contributed by atoms with Crippen LogP contribution in [-0.2, 0) is 14.6 Å². The van der Waals surface area contributed by atoms with Crippen molar-refractivity contribution in [3.05, 3.63) is 39.9 Å². The van der Waals surface area contributed by atoms with Crippen molar-refractivity contribution < 1.29 is 13.2 Å². The number of amides is 1. The summed E-state index contributed by atoms with van der Waals surface area (Å²) in [6.07, 6.45) is 4.11. The van der Waals surface area contributed by atoms with E-state index in [1.54, 1.807) is 36.1 Å². The second-order valence-electron chi connectivity index (χ2n) is 5.48. The smallest absolute Gasteiger partial charge is 0.246 e. The molecular weight excluding hydrogens is 357 g/mol. The van der Waals surface area contributed by atoms with Crippen LogP contribution in [-0.4, -0.2) is 43.3 Å². The Labute approximate surface area is 147 Å². The third kappa shape index (κ3) is 4.72. The molecule has 0 bridgehead atoms. The van der Waals surface area contributed by atoms with E-state index in [0.29, 0.717) is 41.5 Å². The van der Waals surface area contributed by atoms with Crippen molar-refractivity contribution in [2.45, 2.75) is 25.0 Å². The Hall–Kier alpha value is -1.04. The van der Waals surface area contributed by atoms with Crippen LogP contribution >= 0.6 is 23.2 Å². The average molecular weight is 376 g/mol. The number of carbonyl (C=O) groups is 1. The van der Waals surface area contributed by atoms with Gasteiger partial charge < -0.3 is 4.90 Å². The first-order valence-corrected chi connectivity index (χ1v) is 9.94. The van der Waals surface area contributed by atoms with Gasteiger partial charge in [-0.1, -0.05) is 36.2 Å². The molecule has 2 rings (SSSR count). The second-order valence-corrected chi connectivity index (χ2v) is 8.89. The zero-order valence-corrected chi connectivity index (χ0v) is 15.2. The number of hydrogen-bond donors (Lipinski definition) is 0. The molecule has 0 aromatic heterocycles. The lowest BCUT2D eigenvalue weighted by Gasteiger charge is -2.30. The Morgan fingerprint density at radius 2 is 1.96 bits per heavy atom. The first kappa shape index (κ1) is 18.3. The highest BCUT2D eigenvalue weighted by atomic mass is 35.5. The molecular formula is C16H19Cl2NO3S. The maximum atomic E-state index is 12.2. The molecule has 1 fully saturated rings. The highest BCUT2D eigenvalue weighted by molar-refractivity contribution is 7.92. The van der Waals surface area contributed by atoms with E-state index < -0.39 is 9.84 Å². The molecule has 4 nitrogen and oxygen atoms in total. The van der Waals surface area contributed by atoms with E-state index in [2.05, 4.69) is 0 Å².